The van der Waals surface area contributed by atoms with Gasteiger partial charge in [-0.05, 0) is 42.0 Å². The Balaban J connectivity index is 2.32. The quantitative estimate of drug-likeness (QED) is 0.211. The summed E-state index contributed by atoms with van der Waals surface area (Å²) >= 11 is 0. The summed E-state index contributed by atoms with van der Waals surface area (Å²) in [5, 5.41) is 14.8. The fraction of sp³-hybridized carbons (Fsp3) is 0.273. The summed E-state index contributed by atoms with van der Waals surface area (Å²) in [7, 11) is 0. The number of guanidine groups is 1. The van der Waals surface area contributed by atoms with Gasteiger partial charge in [-0.3, -0.25) is 9.59 Å². The number of rotatable bonds is 8. The lowest BCUT2D eigenvalue weighted by Crippen LogP contribution is -2.40. The topological polar surface area (TPSA) is 163 Å². The molecule has 0 radical (unpaired) electrons. The fourth-order valence-electron chi connectivity index (χ4n) is 3.23. The average Bonchev–Trinajstić information content (AvgIpc) is 2.79. The zero-order chi connectivity index (χ0) is 30.6. The Morgan fingerprint density at radius 2 is 1.30 bits per heavy atom. The van der Waals surface area contributed by atoms with Gasteiger partial charge in [-0.15, -0.1) is 0 Å². The molecule has 0 fully saturated rings. The van der Waals surface area contributed by atoms with Crippen LogP contribution in [0.25, 0.3) is 0 Å². The highest BCUT2D eigenvalue weighted by Gasteiger charge is 2.38. The summed E-state index contributed by atoms with van der Waals surface area (Å²) in [6.45, 7) is -1.08. The molecule has 2 amide bonds. The van der Waals surface area contributed by atoms with Gasteiger partial charge in [0.2, 0.25) is 5.91 Å². The van der Waals surface area contributed by atoms with Gasteiger partial charge in [0.15, 0.2) is 5.96 Å². The second-order valence-corrected chi connectivity index (χ2v) is 8.02. The van der Waals surface area contributed by atoms with Crippen molar-refractivity contribution in [1.82, 2.24) is 10.6 Å². The van der Waals surface area contributed by atoms with Gasteiger partial charge in [0.25, 0.3) is 5.91 Å². The summed E-state index contributed by atoms with van der Waals surface area (Å²) in [5.74, 6) is -5.21. The van der Waals surface area contributed by atoms with Crippen LogP contribution < -0.4 is 27.2 Å². The molecular formula is C22H17F9N5O4-. The van der Waals surface area contributed by atoms with Crippen molar-refractivity contribution < 1.29 is 59.0 Å². The van der Waals surface area contributed by atoms with E-state index in [1.807, 2.05) is 10.6 Å². The van der Waals surface area contributed by atoms with E-state index in [9.17, 15) is 59.0 Å². The maximum Gasteiger partial charge on any atom is 0.416 e. The Kier molecular flexibility index (Phi) is 9.28. The summed E-state index contributed by atoms with van der Waals surface area (Å²) in [5.41, 5.74) is 3.27. The van der Waals surface area contributed by atoms with E-state index in [0.29, 0.717) is 12.1 Å². The molecule has 0 spiro atoms. The van der Waals surface area contributed by atoms with E-state index in [0.717, 1.165) is 6.07 Å². The van der Waals surface area contributed by atoms with Crippen LogP contribution in [0.2, 0.25) is 0 Å². The molecular weight excluding hydrogens is 569 g/mol. The lowest BCUT2D eigenvalue weighted by Gasteiger charge is -2.22. The molecule has 2 aromatic carbocycles. The largest absolute Gasteiger partial charge is 0.550 e. The second-order valence-electron chi connectivity index (χ2n) is 8.02. The molecule has 218 valence electrons. The van der Waals surface area contributed by atoms with Crippen LogP contribution in [0, 0.1) is 0 Å². The molecule has 1 atom stereocenters. The first-order valence-corrected chi connectivity index (χ1v) is 10.6. The van der Waals surface area contributed by atoms with Crippen molar-refractivity contribution in [2.24, 2.45) is 16.5 Å². The van der Waals surface area contributed by atoms with Crippen LogP contribution in [0.15, 0.2) is 41.4 Å². The lowest BCUT2D eigenvalue weighted by atomic mass is 9.97. The van der Waals surface area contributed by atoms with Crippen LogP contribution in [0.5, 0.6) is 0 Å². The molecule has 0 saturated heterocycles. The van der Waals surface area contributed by atoms with Crippen molar-refractivity contribution in [3.05, 3.63) is 64.2 Å². The minimum atomic E-state index is -5.28. The number of nitrogens with two attached hydrogens (primary N) is 2. The molecule has 0 aliphatic heterocycles. The van der Waals surface area contributed by atoms with Gasteiger partial charge in [0.1, 0.15) is 0 Å². The zero-order valence-electron chi connectivity index (χ0n) is 19.6. The number of halogens is 9. The predicted octanol–water partition coefficient (Wildman–Crippen LogP) is 2.38. The molecule has 2 rings (SSSR count). The van der Waals surface area contributed by atoms with Gasteiger partial charge >= 0.3 is 18.5 Å². The SMILES string of the molecule is NC(N)=Nc1cc(C(=O)NCC(=O)NC(CC(=O)[O-])c2cc(C(F)(F)F)cc(C(F)(F)F)c2)cc(C(F)(F)F)c1. The van der Waals surface area contributed by atoms with Crippen LogP contribution in [0.4, 0.5) is 45.2 Å². The molecule has 6 N–H and O–H groups in total. The molecule has 0 aliphatic rings. The third-order valence-corrected chi connectivity index (χ3v) is 4.89. The van der Waals surface area contributed by atoms with Gasteiger partial charge in [-0.2, -0.15) is 39.5 Å². The Morgan fingerprint density at radius 1 is 0.800 bits per heavy atom. The van der Waals surface area contributed by atoms with Gasteiger partial charge in [0.05, 0.1) is 35.0 Å². The summed E-state index contributed by atoms with van der Waals surface area (Å²) in [6, 6.07) is -0.0994. The highest BCUT2D eigenvalue weighted by molar-refractivity contribution is 5.97. The smallest absolute Gasteiger partial charge is 0.416 e. The number of carbonyl (C=O) groups excluding carboxylic acids is 3. The van der Waals surface area contributed by atoms with Crippen molar-refractivity contribution in [3.63, 3.8) is 0 Å². The fourth-order valence-corrected chi connectivity index (χ4v) is 3.23. The summed E-state index contributed by atoms with van der Waals surface area (Å²) in [4.78, 5) is 39.2. The highest BCUT2D eigenvalue weighted by Crippen LogP contribution is 2.38. The predicted molar refractivity (Wildman–Crippen MR) is 116 cm³/mol. The molecule has 0 aromatic heterocycles. The second kappa shape index (κ2) is 11.7. The van der Waals surface area contributed by atoms with Gasteiger partial charge < -0.3 is 32.0 Å². The minimum Gasteiger partial charge on any atom is -0.550 e. The Bertz CT molecular complexity index is 1280. The van der Waals surface area contributed by atoms with Crippen molar-refractivity contribution in [2.45, 2.75) is 31.0 Å². The third kappa shape index (κ3) is 9.05. The van der Waals surface area contributed by atoms with E-state index in [1.165, 1.54) is 0 Å². The van der Waals surface area contributed by atoms with E-state index in [2.05, 4.69) is 4.99 Å². The number of amides is 2. The van der Waals surface area contributed by atoms with Gasteiger partial charge in [0, 0.05) is 18.0 Å². The third-order valence-electron chi connectivity index (χ3n) is 4.89. The molecule has 2 aromatic rings. The van der Waals surface area contributed by atoms with Crippen LogP contribution in [0.3, 0.4) is 0 Å². The lowest BCUT2D eigenvalue weighted by molar-refractivity contribution is -0.306. The van der Waals surface area contributed by atoms with Crippen molar-refractivity contribution in [2.75, 3.05) is 6.54 Å². The standard InChI is InChI=1S/C22H18F9N5O4/c23-20(24,25)11-1-9(2-12(5-11)21(26,27)28)15(7-17(38)39)36-16(37)8-34-18(40)10-3-13(22(29,30)31)6-14(4-10)35-19(32)33/h1-6,15H,7-8H2,(H,34,40)(H,36,37)(H,38,39)(H4,32,33,35)/p-1. The molecule has 1 unspecified atom stereocenters. The van der Waals surface area contributed by atoms with Crippen LogP contribution >= 0.6 is 0 Å². The van der Waals surface area contributed by atoms with Crippen LogP contribution in [-0.2, 0) is 28.1 Å². The van der Waals surface area contributed by atoms with Crippen LogP contribution in [-0.4, -0.2) is 30.3 Å². The first kappa shape index (κ1) is 31.7. The molecule has 18 heteroatoms. The maximum atomic E-state index is 13.2. The van der Waals surface area contributed by atoms with Gasteiger partial charge in [-0.1, -0.05) is 0 Å². The number of nitrogens with one attached hydrogen (secondary N) is 2. The average molecular weight is 586 g/mol. The normalized spacial score (nSPS) is 12.8. The number of aliphatic carboxylic acids is 1. The number of carboxylic acid groups (broad SMARTS) is 1. The molecule has 0 heterocycles. The van der Waals surface area contributed by atoms with Crippen molar-refractivity contribution in [1.29, 1.82) is 0 Å². The zero-order valence-corrected chi connectivity index (χ0v) is 19.6. The molecule has 40 heavy (non-hydrogen) atoms. The maximum absolute atomic E-state index is 13.2. The molecule has 0 bridgehead atoms. The Hall–Kier alpha value is -4.51. The molecule has 9 nitrogen and oxygen atoms in total. The van der Waals surface area contributed by atoms with E-state index >= 15 is 0 Å². The van der Waals surface area contributed by atoms with E-state index < -0.39 is 94.8 Å². The number of benzene rings is 2. The minimum absolute atomic E-state index is 0.190. The number of hydrogen-bond acceptors (Lipinski definition) is 5. The van der Waals surface area contributed by atoms with Crippen LogP contribution in [0.1, 0.15) is 45.1 Å². The number of carboxylic acids is 1. The summed E-state index contributed by atoms with van der Waals surface area (Å²) < 4.78 is 119. The summed E-state index contributed by atoms with van der Waals surface area (Å²) in [6.07, 6.45) is -16.8. The van der Waals surface area contributed by atoms with Crippen molar-refractivity contribution in [3.8, 4) is 0 Å². The van der Waals surface area contributed by atoms with Crippen molar-refractivity contribution >= 4 is 29.4 Å². The Morgan fingerprint density at radius 3 is 1.75 bits per heavy atom. The first-order chi connectivity index (χ1) is 18.2. The number of carbonyl (C=O) groups is 3. The Labute approximate surface area is 218 Å². The van der Waals surface area contributed by atoms with E-state index in [-0.39, 0.29) is 18.2 Å². The molecule has 0 saturated carbocycles. The number of nitrogens with zero attached hydrogens (tertiary/aromatic N) is 1. The monoisotopic (exact) mass is 586 g/mol. The van der Waals surface area contributed by atoms with E-state index in [1.54, 1.807) is 0 Å². The first-order valence-electron chi connectivity index (χ1n) is 10.6. The molecule has 0 aliphatic carbocycles. The van der Waals surface area contributed by atoms with E-state index in [4.69, 9.17) is 11.5 Å². The number of aliphatic imine (C=N–C) groups is 1. The number of alkyl halides is 9. The van der Waals surface area contributed by atoms with Gasteiger partial charge in [-0.25, -0.2) is 4.99 Å². The number of hydrogen-bond donors (Lipinski definition) is 4. The highest BCUT2D eigenvalue weighted by atomic mass is 19.4.